The van der Waals surface area contributed by atoms with Crippen molar-refractivity contribution < 1.29 is 0 Å². The van der Waals surface area contributed by atoms with Crippen LogP contribution in [-0.4, -0.2) is 12.6 Å². The third-order valence-electron chi connectivity index (χ3n) is 2.86. The number of fused-ring (bicyclic) bond motifs is 1. The molecule has 1 saturated heterocycles. The van der Waals surface area contributed by atoms with E-state index in [1.54, 1.807) is 0 Å². The smallest absolute Gasteiger partial charge is 0.0101 e. The Morgan fingerprint density at radius 3 is 2.70 bits per heavy atom. The van der Waals surface area contributed by atoms with Crippen LogP contribution in [0.5, 0.6) is 0 Å². The molecule has 1 saturated carbocycles. The molecule has 0 spiro atoms. The summed E-state index contributed by atoms with van der Waals surface area (Å²) in [5.74, 6) is 3.02. The minimum atomic E-state index is 0.872. The molecule has 3 unspecified atom stereocenters. The Morgan fingerprint density at radius 1 is 1.50 bits per heavy atom. The summed E-state index contributed by atoms with van der Waals surface area (Å²) in [5, 5.41) is 3.59. The first-order chi connectivity index (χ1) is 4.77. The van der Waals surface area contributed by atoms with Crippen molar-refractivity contribution in [3.63, 3.8) is 0 Å². The van der Waals surface area contributed by atoms with E-state index in [1.165, 1.54) is 19.4 Å². The highest BCUT2D eigenvalue weighted by Gasteiger charge is 2.47. The van der Waals surface area contributed by atoms with E-state index >= 15 is 0 Å². The highest BCUT2D eigenvalue weighted by atomic mass is 15.0. The highest BCUT2D eigenvalue weighted by Crippen LogP contribution is 2.46. The quantitative estimate of drug-likeness (QED) is 0.613. The summed E-state index contributed by atoms with van der Waals surface area (Å²) < 4.78 is 0. The van der Waals surface area contributed by atoms with Crippen LogP contribution in [0.3, 0.4) is 0 Å². The van der Waals surface area contributed by atoms with Crippen LogP contribution in [0.15, 0.2) is 0 Å². The van der Waals surface area contributed by atoms with Gasteiger partial charge in [0.15, 0.2) is 0 Å². The molecule has 0 aromatic carbocycles. The lowest BCUT2D eigenvalue weighted by molar-refractivity contribution is 0.426. The van der Waals surface area contributed by atoms with Gasteiger partial charge in [-0.1, -0.05) is 13.8 Å². The third-order valence-corrected chi connectivity index (χ3v) is 2.86. The number of piperidine rings is 1. The standard InChI is InChI=1S/C9H17N/c1-6(2)3-9-8-4-7(8)5-10-9/h6-10H,3-5H2,1-2H3. The van der Waals surface area contributed by atoms with E-state index in [2.05, 4.69) is 19.2 Å². The van der Waals surface area contributed by atoms with Crippen LogP contribution < -0.4 is 5.32 Å². The van der Waals surface area contributed by atoms with Crippen LogP contribution in [0, 0.1) is 17.8 Å². The molecule has 1 N–H and O–H groups in total. The Balaban J connectivity index is 1.82. The third kappa shape index (κ3) is 1.07. The molecule has 0 aromatic heterocycles. The maximum Gasteiger partial charge on any atom is 0.0101 e. The zero-order valence-corrected chi connectivity index (χ0v) is 6.93. The fourth-order valence-electron chi connectivity index (χ4n) is 2.22. The summed E-state index contributed by atoms with van der Waals surface area (Å²) in [6.45, 7) is 5.94. The minimum absolute atomic E-state index is 0.872. The van der Waals surface area contributed by atoms with Crippen LogP contribution in [0.25, 0.3) is 0 Å². The average molecular weight is 139 g/mol. The first kappa shape index (κ1) is 6.66. The van der Waals surface area contributed by atoms with E-state index in [1.807, 2.05) is 0 Å². The monoisotopic (exact) mass is 139 g/mol. The number of hydrogen-bond acceptors (Lipinski definition) is 1. The molecular weight excluding hydrogens is 122 g/mol. The van der Waals surface area contributed by atoms with E-state index in [0.29, 0.717) is 0 Å². The molecule has 2 aliphatic rings. The van der Waals surface area contributed by atoms with E-state index in [-0.39, 0.29) is 0 Å². The van der Waals surface area contributed by atoms with Crippen molar-refractivity contribution in [3.05, 3.63) is 0 Å². The molecule has 0 amide bonds. The fourth-order valence-corrected chi connectivity index (χ4v) is 2.22. The predicted octanol–water partition coefficient (Wildman–Crippen LogP) is 1.64. The van der Waals surface area contributed by atoms with Crippen molar-refractivity contribution >= 4 is 0 Å². The molecule has 0 radical (unpaired) electrons. The van der Waals surface area contributed by atoms with Gasteiger partial charge in [-0.2, -0.15) is 0 Å². The van der Waals surface area contributed by atoms with Gasteiger partial charge in [0, 0.05) is 6.04 Å². The summed E-state index contributed by atoms with van der Waals surface area (Å²) in [6, 6.07) is 0.880. The van der Waals surface area contributed by atoms with Crippen LogP contribution in [0.1, 0.15) is 26.7 Å². The Kier molecular flexibility index (Phi) is 1.48. The van der Waals surface area contributed by atoms with Crippen LogP contribution in [0.2, 0.25) is 0 Å². The van der Waals surface area contributed by atoms with Gasteiger partial charge in [-0.05, 0) is 37.1 Å². The lowest BCUT2D eigenvalue weighted by Gasteiger charge is -2.14. The number of nitrogens with one attached hydrogen (secondary N) is 1. The van der Waals surface area contributed by atoms with Crippen LogP contribution in [-0.2, 0) is 0 Å². The van der Waals surface area contributed by atoms with E-state index in [9.17, 15) is 0 Å². The molecule has 1 aliphatic carbocycles. The van der Waals surface area contributed by atoms with Crippen molar-refractivity contribution in [2.24, 2.45) is 17.8 Å². The fraction of sp³-hybridized carbons (Fsp3) is 1.00. The number of hydrogen-bond donors (Lipinski definition) is 1. The van der Waals surface area contributed by atoms with Gasteiger partial charge in [0.05, 0.1) is 0 Å². The van der Waals surface area contributed by atoms with E-state index in [0.717, 1.165) is 23.8 Å². The van der Waals surface area contributed by atoms with Gasteiger partial charge in [0.25, 0.3) is 0 Å². The average Bonchev–Trinajstić information content (AvgIpc) is 2.52. The molecule has 1 aliphatic heterocycles. The largest absolute Gasteiger partial charge is 0.313 e. The van der Waals surface area contributed by atoms with Gasteiger partial charge in [-0.25, -0.2) is 0 Å². The molecule has 10 heavy (non-hydrogen) atoms. The lowest BCUT2D eigenvalue weighted by Crippen LogP contribution is -2.27. The van der Waals surface area contributed by atoms with Gasteiger partial charge in [-0.3, -0.25) is 0 Å². The van der Waals surface area contributed by atoms with Crippen molar-refractivity contribution in [2.75, 3.05) is 6.54 Å². The Morgan fingerprint density at radius 2 is 2.30 bits per heavy atom. The Hall–Kier alpha value is -0.0400. The Labute approximate surface area is 63.2 Å². The van der Waals surface area contributed by atoms with Crippen molar-refractivity contribution in [1.29, 1.82) is 0 Å². The maximum absolute atomic E-state index is 3.59. The molecule has 1 nitrogen and oxygen atoms in total. The first-order valence-electron chi connectivity index (χ1n) is 4.50. The minimum Gasteiger partial charge on any atom is -0.313 e. The summed E-state index contributed by atoms with van der Waals surface area (Å²) >= 11 is 0. The van der Waals surface area contributed by atoms with Gasteiger partial charge < -0.3 is 5.32 Å². The molecule has 1 heterocycles. The van der Waals surface area contributed by atoms with Crippen molar-refractivity contribution in [1.82, 2.24) is 5.32 Å². The number of rotatable bonds is 2. The zero-order chi connectivity index (χ0) is 7.14. The maximum atomic E-state index is 3.59. The Bertz CT molecular complexity index is 131. The topological polar surface area (TPSA) is 12.0 Å². The summed E-state index contributed by atoms with van der Waals surface area (Å²) in [7, 11) is 0. The SMILES string of the molecule is CC(C)CC1NCC2CC21. The molecule has 58 valence electrons. The molecular formula is C9H17N. The normalized spacial score (nSPS) is 44.1. The second-order valence-electron chi connectivity index (χ2n) is 4.30. The van der Waals surface area contributed by atoms with Crippen LogP contribution in [0.4, 0.5) is 0 Å². The van der Waals surface area contributed by atoms with E-state index in [4.69, 9.17) is 0 Å². The molecule has 2 rings (SSSR count). The zero-order valence-electron chi connectivity index (χ0n) is 6.93. The van der Waals surface area contributed by atoms with E-state index < -0.39 is 0 Å². The second-order valence-corrected chi connectivity index (χ2v) is 4.30. The van der Waals surface area contributed by atoms with Gasteiger partial charge in [-0.15, -0.1) is 0 Å². The van der Waals surface area contributed by atoms with Crippen LogP contribution >= 0.6 is 0 Å². The van der Waals surface area contributed by atoms with Gasteiger partial charge in [0.2, 0.25) is 0 Å². The van der Waals surface area contributed by atoms with Gasteiger partial charge >= 0.3 is 0 Å². The van der Waals surface area contributed by atoms with Crippen molar-refractivity contribution in [2.45, 2.75) is 32.7 Å². The summed E-state index contributed by atoms with van der Waals surface area (Å²) in [6.07, 6.45) is 2.91. The van der Waals surface area contributed by atoms with Crippen molar-refractivity contribution in [3.8, 4) is 0 Å². The van der Waals surface area contributed by atoms with Gasteiger partial charge in [0.1, 0.15) is 0 Å². The predicted molar refractivity (Wildman–Crippen MR) is 42.8 cm³/mol. The molecule has 0 bridgehead atoms. The summed E-state index contributed by atoms with van der Waals surface area (Å²) in [4.78, 5) is 0. The molecule has 2 fully saturated rings. The summed E-state index contributed by atoms with van der Waals surface area (Å²) in [5.41, 5.74) is 0. The lowest BCUT2D eigenvalue weighted by atomic mass is 10.0. The first-order valence-corrected chi connectivity index (χ1v) is 4.50. The molecule has 1 heteroatoms. The molecule has 0 aromatic rings. The highest BCUT2D eigenvalue weighted by molar-refractivity contribution is 5.02. The second kappa shape index (κ2) is 2.23. The molecule has 3 atom stereocenters.